The van der Waals surface area contributed by atoms with Crippen LogP contribution in [-0.4, -0.2) is 28.9 Å². The summed E-state index contributed by atoms with van der Waals surface area (Å²) >= 11 is 2.63. The standard InChI is InChI=1S/C16H14N4O3S2/c1-23-15-11(4-2-6-17-15)19-13(21)8-10-9-25-16(18-10)20-14(22)12-5-3-7-24-12/h2-7,9H,8H2,1H3,(H,19,21)(H,18,20,22). The summed E-state index contributed by atoms with van der Waals surface area (Å²) in [6, 6.07) is 6.96. The highest BCUT2D eigenvalue weighted by molar-refractivity contribution is 7.14. The smallest absolute Gasteiger partial charge is 0.267 e. The molecule has 25 heavy (non-hydrogen) atoms. The fourth-order valence-electron chi connectivity index (χ4n) is 2.02. The number of thiophene rings is 1. The zero-order chi connectivity index (χ0) is 17.6. The first-order chi connectivity index (χ1) is 12.2. The van der Waals surface area contributed by atoms with Crippen LogP contribution in [0.25, 0.3) is 0 Å². The number of nitrogens with zero attached hydrogens (tertiary/aromatic N) is 2. The number of nitrogens with one attached hydrogen (secondary N) is 2. The zero-order valence-corrected chi connectivity index (χ0v) is 14.8. The molecular formula is C16H14N4O3S2. The number of carbonyl (C=O) groups is 2. The van der Waals surface area contributed by atoms with Gasteiger partial charge in [0.25, 0.3) is 5.91 Å². The third-order valence-corrected chi connectivity index (χ3v) is 4.77. The van der Waals surface area contributed by atoms with Gasteiger partial charge < -0.3 is 10.1 Å². The monoisotopic (exact) mass is 374 g/mol. The number of amides is 2. The molecule has 0 aliphatic heterocycles. The molecule has 3 rings (SSSR count). The highest BCUT2D eigenvalue weighted by atomic mass is 32.1. The van der Waals surface area contributed by atoms with Gasteiger partial charge in [0.1, 0.15) is 5.69 Å². The topological polar surface area (TPSA) is 93.2 Å². The average Bonchev–Trinajstić information content (AvgIpc) is 3.27. The molecule has 0 aliphatic rings. The van der Waals surface area contributed by atoms with Crippen LogP contribution in [0.2, 0.25) is 0 Å². The minimum atomic E-state index is -0.243. The SMILES string of the molecule is COc1ncccc1NC(=O)Cc1csc(NC(=O)c2cccs2)n1. The van der Waals surface area contributed by atoms with E-state index in [0.29, 0.717) is 27.3 Å². The van der Waals surface area contributed by atoms with Gasteiger partial charge in [-0.05, 0) is 23.6 Å². The molecule has 9 heteroatoms. The number of hydrogen-bond donors (Lipinski definition) is 2. The van der Waals surface area contributed by atoms with E-state index in [1.807, 2.05) is 11.4 Å². The molecule has 0 bridgehead atoms. The Balaban J connectivity index is 1.59. The van der Waals surface area contributed by atoms with Crippen LogP contribution in [0.15, 0.2) is 41.2 Å². The Labute approximate surface area is 151 Å². The zero-order valence-electron chi connectivity index (χ0n) is 13.2. The molecule has 2 N–H and O–H groups in total. The number of rotatable bonds is 6. The molecule has 0 saturated carbocycles. The lowest BCUT2D eigenvalue weighted by Crippen LogP contribution is -2.15. The molecule has 0 spiro atoms. The van der Waals surface area contributed by atoms with Crippen molar-refractivity contribution in [3.63, 3.8) is 0 Å². The molecule has 0 aliphatic carbocycles. The van der Waals surface area contributed by atoms with Gasteiger partial charge in [0.15, 0.2) is 5.13 Å². The van der Waals surface area contributed by atoms with Crippen LogP contribution >= 0.6 is 22.7 Å². The van der Waals surface area contributed by atoms with E-state index in [9.17, 15) is 9.59 Å². The van der Waals surface area contributed by atoms with Crippen molar-refractivity contribution in [1.29, 1.82) is 0 Å². The highest BCUT2D eigenvalue weighted by Crippen LogP contribution is 2.21. The highest BCUT2D eigenvalue weighted by Gasteiger charge is 2.13. The summed E-state index contributed by atoms with van der Waals surface area (Å²) in [5.74, 6) is -0.105. The Morgan fingerprint density at radius 1 is 1.20 bits per heavy atom. The van der Waals surface area contributed by atoms with Crippen molar-refractivity contribution in [2.75, 3.05) is 17.7 Å². The van der Waals surface area contributed by atoms with Gasteiger partial charge in [-0.1, -0.05) is 6.07 Å². The number of hydrogen-bond acceptors (Lipinski definition) is 7. The Hall–Kier alpha value is -2.78. The predicted molar refractivity (Wildman–Crippen MR) is 97.5 cm³/mol. The van der Waals surface area contributed by atoms with Gasteiger partial charge >= 0.3 is 0 Å². The Kier molecular flexibility index (Phi) is 5.36. The van der Waals surface area contributed by atoms with E-state index >= 15 is 0 Å². The van der Waals surface area contributed by atoms with E-state index in [2.05, 4.69) is 20.6 Å². The van der Waals surface area contributed by atoms with Crippen LogP contribution in [0.4, 0.5) is 10.8 Å². The fraction of sp³-hybridized carbons (Fsp3) is 0.125. The van der Waals surface area contributed by atoms with Crippen LogP contribution in [0.3, 0.4) is 0 Å². The van der Waals surface area contributed by atoms with Crippen LogP contribution in [0.5, 0.6) is 5.88 Å². The van der Waals surface area contributed by atoms with Crippen LogP contribution in [0.1, 0.15) is 15.4 Å². The largest absolute Gasteiger partial charge is 0.480 e. The van der Waals surface area contributed by atoms with Crippen molar-refractivity contribution in [3.05, 3.63) is 51.8 Å². The van der Waals surface area contributed by atoms with Gasteiger partial charge in [-0.25, -0.2) is 9.97 Å². The van der Waals surface area contributed by atoms with E-state index in [4.69, 9.17) is 4.74 Å². The van der Waals surface area contributed by atoms with Gasteiger partial charge in [0.2, 0.25) is 11.8 Å². The molecule has 0 saturated heterocycles. The van der Waals surface area contributed by atoms with Crippen molar-refractivity contribution in [1.82, 2.24) is 9.97 Å². The molecule has 0 unspecified atom stereocenters. The maximum Gasteiger partial charge on any atom is 0.267 e. The fourth-order valence-corrected chi connectivity index (χ4v) is 3.34. The molecule has 0 radical (unpaired) electrons. The number of methoxy groups -OCH3 is 1. The first-order valence-electron chi connectivity index (χ1n) is 7.24. The predicted octanol–water partition coefficient (Wildman–Crippen LogP) is 3.04. The van der Waals surface area contributed by atoms with E-state index in [-0.39, 0.29) is 18.2 Å². The summed E-state index contributed by atoms with van der Waals surface area (Å²) in [6.45, 7) is 0. The summed E-state index contributed by atoms with van der Waals surface area (Å²) < 4.78 is 5.09. The molecule has 0 aromatic carbocycles. The maximum absolute atomic E-state index is 12.2. The van der Waals surface area contributed by atoms with E-state index in [1.54, 1.807) is 29.8 Å². The molecule has 2 amide bonds. The quantitative estimate of drug-likeness (QED) is 0.692. The summed E-state index contributed by atoms with van der Waals surface area (Å²) in [7, 11) is 1.49. The summed E-state index contributed by atoms with van der Waals surface area (Å²) in [5.41, 5.74) is 1.07. The van der Waals surface area contributed by atoms with Gasteiger partial charge in [-0.2, -0.15) is 0 Å². The van der Waals surface area contributed by atoms with Crippen molar-refractivity contribution < 1.29 is 14.3 Å². The lowest BCUT2D eigenvalue weighted by atomic mass is 10.3. The molecule has 0 atom stereocenters. The number of aromatic nitrogens is 2. The van der Waals surface area contributed by atoms with Crippen molar-refractivity contribution in [2.45, 2.75) is 6.42 Å². The average molecular weight is 374 g/mol. The first-order valence-corrected chi connectivity index (χ1v) is 9.00. The third-order valence-electron chi connectivity index (χ3n) is 3.10. The summed E-state index contributed by atoms with van der Waals surface area (Å²) in [5, 5.41) is 9.49. The summed E-state index contributed by atoms with van der Waals surface area (Å²) in [6.07, 6.45) is 1.67. The number of pyridine rings is 1. The van der Waals surface area contributed by atoms with Gasteiger partial charge in [-0.3, -0.25) is 14.9 Å². The first kappa shape index (κ1) is 17.1. The Morgan fingerprint density at radius 2 is 2.08 bits per heavy atom. The van der Waals surface area contributed by atoms with Gasteiger partial charge in [0.05, 0.1) is 24.1 Å². The van der Waals surface area contributed by atoms with Crippen LogP contribution in [0, 0.1) is 0 Å². The third kappa shape index (κ3) is 4.40. The minimum absolute atomic E-state index is 0.0867. The second kappa shape index (κ2) is 7.86. The summed E-state index contributed by atoms with van der Waals surface area (Å²) in [4.78, 5) is 33.0. The maximum atomic E-state index is 12.2. The molecule has 7 nitrogen and oxygen atoms in total. The second-order valence-corrected chi connectivity index (χ2v) is 6.67. The van der Waals surface area contributed by atoms with E-state index in [0.717, 1.165) is 0 Å². The molecular weight excluding hydrogens is 360 g/mol. The lowest BCUT2D eigenvalue weighted by Gasteiger charge is -2.07. The molecule has 3 aromatic heterocycles. The number of carbonyl (C=O) groups excluding carboxylic acids is 2. The lowest BCUT2D eigenvalue weighted by molar-refractivity contribution is -0.115. The van der Waals surface area contributed by atoms with Crippen molar-refractivity contribution in [3.8, 4) is 5.88 Å². The molecule has 3 heterocycles. The number of anilines is 2. The van der Waals surface area contributed by atoms with Gasteiger partial charge in [0, 0.05) is 11.6 Å². The van der Waals surface area contributed by atoms with Crippen molar-refractivity contribution >= 4 is 45.3 Å². The minimum Gasteiger partial charge on any atom is -0.480 e. The van der Waals surface area contributed by atoms with E-state index < -0.39 is 0 Å². The van der Waals surface area contributed by atoms with Crippen LogP contribution in [-0.2, 0) is 11.2 Å². The van der Waals surface area contributed by atoms with Gasteiger partial charge in [-0.15, -0.1) is 22.7 Å². The molecule has 0 fully saturated rings. The van der Waals surface area contributed by atoms with E-state index in [1.165, 1.54) is 29.8 Å². The number of ether oxygens (including phenoxy) is 1. The number of thiazole rings is 1. The normalized spacial score (nSPS) is 10.3. The van der Waals surface area contributed by atoms with Crippen LogP contribution < -0.4 is 15.4 Å². The second-order valence-electron chi connectivity index (χ2n) is 4.86. The molecule has 3 aromatic rings. The molecule has 128 valence electrons. The Bertz CT molecular complexity index is 877. The Morgan fingerprint density at radius 3 is 2.84 bits per heavy atom. The van der Waals surface area contributed by atoms with Crippen molar-refractivity contribution in [2.24, 2.45) is 0 Å².